The second kappa shape index (κ2) is 9.91. The van der Waals surface area contributed by atoms with Crippen LogP contribution in [0.2, 0.25) is 0 Å². The van der Waals surface area contributed by atoms with Gasteiger partial charge in [0, 0.05) is 0 Å². The molecule has 0 bridgehead atoms. The van der Waals surface area contributed by atoms with E-state index in [1.165, 1.54) is 0 Å². The number of carboxylic acid groups (broad SMARTS) is 1. The van der Waals surface area contributed by atoms with Crippen molar-refractivity contribution < 1.29 is 14.3 Å². The first-order chi connectivity index (χ1) is 12.5. The molecule has 0 spiro atoms. The molecule has 0 heterocycles. The molecule has 3 heteroatoms. The normalized spacial score (nSPS) is 11.6. The molecular formula is C23H27FO2. The smallest absolute Gasteiger partial charge is 0.336 e. The van der Waals surface area contributed by atoms with Crippen LogP contribution in [-0.4, -0.2) is 11.1 Å². The third-order valence-electron chi connectivity index (χ3n) is 4.42. The number of hydrogen-bond donors (Lipinski definition) is 1. The molecule has 0 aliphatic heterocycles. The molecule has 0 aromatic heterocycles. The van der Waals surface area contributed by atoms with Gasteiger partial charge in [0.25, 0.3) is 0 Å². The Morgan fingerprint density at radius 2 is 1.77 bits per heavy atom. The van der Waals surface area contributed by atoms with Crippen LogP contribution in [0.4, 0.5) is 4.39 Å². The van der Waals surface area contributed by atoms with Crippen molar-refractivity contribution in [3.8, 4) is 11.1 Å². The number of aromatic carboxylic acids is 1. The molecule has 0 saturated heterocycles. The van der Waals surface area contributed by atoms with Crippen LogP contribution in [0.25, 0.3) is 17.2 Å². The van der Waals surface area contributed by atoms with Gasteiger partial charge in [0.2, 0.25) is 0 Å². The van der Waals surface area contributed by atoms with Crippen molar-refractivity contribution in [3.63, 3.8) is 0 Å². The minimum absolute atomic E-state index is 0.109. The monoisotopic (exact) mass is 354 g/mol. The van der Waals surface area contributed by atoms with Crippen molar-refractivity contribution in [1.29, 1.82) is 0 Å². The molecule has 0 saturated carbocycles. The van der Waals surface area contributed by atoms with Gasteiger partial charge in [0.15, 0.2) is 0 Å². The number of benzene rings is 2. The summed E-state index contributed by atoms with van der Waals surface area (Å²) in [6.45, 7) is 4.20. The van der Waals surface area contributed by atoms with E-state index >= 15 is 0 Å². The first kappa shape index (κ1) is 19.9. The van der Waals surface area contributed by atoms with Gasteiger partial charge in [-0.1, -0.05) is 69.5 Å². The Kier molecular flexibility index (Phi) is 7.58. The molecule has 2 aromatic rings. The summed E-state index contributed by atoms with van der Waals surface area (Å²) in [5.74, 6) is -1.05. The van der Waals surface area contributed by atoms with Crippen molar-refractivity contribution >= 4 is 12.0 Å². The first-order valence-electron chi connectivity index (χ1n) is 9.37. The number of rotatable bonds is 9. The summed E-state index contributed by atoms with van der Waals surface area (Å²) in [7, 11) is 0. The number of allylic oxidation sites excluding steroid dienone is 1. The predicted molar refractivity (Wildman–Crippen MR) is 106 cm³/mol. The van der Waals surface area contributed by atoms with Crippen molar-refractivity contribution in [3.05, 3.63) is 65.0 Å². The zero-order chi connectivity index (χ0) is 18.9. The lowest BCUT2D eigenvalue weighted by Crippen LogP contribution is -2.00. The fraction of sp³-hybridized carbons (Fsp3) is 0.348. The number of carboxylic acids is 1. The van der Waals surface area contributed by atoms with Gasteiger partial charge in [-0.2, -0.15) is 0 Å². The summed E-state index contributed by atoms with van der Waals surface area (Å²) in [4.78, 5) is 11.5. The molecule has 0 amide bonds. The predicted octanol–water partition coefficient (Wildman–Crippen LogP) is 6.90. The summed E-state index contributed by atoms with van der Waals surface area (Å²) in [5, 5.41) is 9.46. The maximum Gasteiger partial charge on any atom is 0.336 e. The Hall–Kier alpha value is -2.42. The van der Waals surface area contributed by atoms with Crippen molar-refractivity contribution in [2.24, 2.45) is 0 Å². The van der Waals surface area contributed by atoms with E-state index in [2.05, 4.69) is 13.8 Å². The molecule has 2 nitrogen and oxygen atoms in total. The zero-order valence-corrected chi connectivity index (χ0v) is 15.6. The van der Waals surface area contributed by atoms with E-state index in [4.69, 9.17) is 0 Å². The van der Waals surface area contributed by atoms with Crippen molar-refractivity contribution in [1.82, 2.24) is 0 Å². The van der Waals surface area contributed by atoms with Crippen molar-refractivity contribution in [2.45, 2.75) is 52.4 Å². The molecule has 0 radical (unpaired) electrons. The fourth-order valence-corrected chi connectivity index (χ4v) is 3.02. The Balaban J connectivity index is 2.25. The maximum absolute atomic E-state index is 13.9. The lowest BCUT2D eigenvalue weighted by Gasteiger charge is -2.10. The standard InChI is InChI=1S/C23H27FO2/c1-3-5-6-8-20(24)15-18-9-12-19(13-10-18)22-16-17(7-4-2)11-14-21(22)23(25)26/h9-16H,3-8H2,1-2H3,(H,25,26)/b20-15+. The average Bonchev–Trinajstić information content (AvgIpc) is 2.62. The van der Waals surface area contributed by atoms with Gasteiger partial charge < -0.3 is 5.11 Å². The molecule has 0 unspecified atom stereocenters. The number of halogens is 1. The van der Waals surface area contributed by atoms with Gasteiger partial charge in [-0.15, -0.1) is 0 Å². The Labute approximate surface area is 155 Å². The summed E-state index contributed by atoms with van der Waals surface area (Å²) in [6.07, 6.45) is 6.92. The molecule has 1 N–H and O–H groups in total. The molecule has 26 heavy (non-hydrogen) atoms. The quantitative estimate of drug-likeness (QED) is 0.498. The van der Waals surface area contributed by atoms with Gasteiger partial charge in [0.05, 0.1) is 5.56 Å². The molecular weight excluding hydrogens is 327 g/mol. The number of carbonyl (C=O) groups is 1. The molecule has 0 fully saturated rings. The minimum Gasteiger partial charge on any atom is -0.478 e. The number of hydrogen-bond acceptors (Lipinski definition) is 1. The van der Waals surface area contributed by atoms with Gasteiger partial charge >= 0.3 is 5.97 Å². The van der Waals surface area contributed by atoms with E-state index < -0.39 is 5.97 Å². The second-order valence-electron chi connectivity index (χ2n) is 6.61. The highest BCUT2D eigenvalue weighted by molar-refractivity contribution is 5.96. The summed E-state index contributed by atoms with van der Waals surface area (Å²) in [6, 6.07) is 12.9. The lowest BCUT2D eigenvalue weighted by molar-refractivity contribution is 0.0697. The van der Waals surface area contributed by atoms with Crippen LogP contribution in [-0.2, 0) is 6.42 Å². The van der Waals surface area contributed by atoms with Crippen LogP contribution in [0.15, 0.2) is 48.3 Å². The Bertz CT molecular complexity index is 760. The van der Waals surface area contributed by atoms with E-state index in [1.807, 2.05) is 36.4 Å². The van der Waals surface area contributed by atoms with Crippen LogP contribution in [0.3, 0.4) is 0 Å². The topological polar surface area (TPSA) is 37.3 Å². The third-order valence-corrected chi connectivity index (χ3v) is 4.42. The summed E-state index contributed by atoms with van der Waals surface area (Å²) in [5.41, 5.74) is 3.76. The van der Waals surface area contributed by atoms with E-state index in [0.29, 0.717) is 17.5 Å². The van der Waals surface area contributed by atoms with Gasteiger partial charge in [0.1, 0.15) is 5.83 Å². The van der Waals surface area contributed by atoms with E-state index in [-0.39, 0.29) is 5.83 Å². The molecule has 138 valence electrons. The summed E-state index contributed by atoms with van der Waals surface area (Å²) >= 11 is 0. The van der Waals surface area contributed by atoms with Crippen molar-refractivity contribution in [2.75, 3.05) is 0 Å². The summed E-state index contributed by atoms with van der Waals surface area (Å²) < 4.78 is 13.9. The number of aryl methyl sites for hydroxylation is 1. The van der Waals surface area contributed by atoms with E-state index in [0.717, 1.165) is 48.8 Å². The molecule has 2 aromatic carbocycles. The molecule has 0 aliphatic carbocycles. The van der Waals surface area contributed by atoms with Crippen LogP contribution in [0.1, 0.15) is 67.4 Å². The average molecular weight is 354 g/mol. The van der Waals surface area contributed by atoms with Crippen LogP contribution in [0, 0.1) is 0 Å². The molecule has 2 rings (SSSR count). The molecule has 0 atom stereocenters. The largest absolute Gasteiger partial charge is 0.478 e. The van der Waals surface area contributed by atoms with Crippen LogP contribution in [0.5, 0.6) is 0 Å². The third kappa shape index (κ3) is 5.55. The van der Waals surface area contributed by atoms with E-state index in [1.54, 1.807) is 12.1 Å². The van der Waals surface area contributed by atoms with E-state index in [9.17, 15) is 14.3 Å². The van der Waals surface area contributed by atoms with Gasteiger partial charge in [-0.05, 0) is 53.7 Å². The van der Waals surface area contributed by atoms with Crippen LogP contribution < -0.4 is 0 Å². The lowest BCUT2D eigenvalue weighted by atomic mass is 9.95. The number of unbranched alkanes of at least 4 members (excludes halogenated alkanes) is 2. The van der Waals surface area contributed by atoms with Gasteiger partial charge in [-0.3, -0.25) is 0 Å². The minimum atomic E-state index is -0.936. The molecule has 0 aliphatic rings. The second-order valence-corrected chi connectivity index (χ2v) is 6.61. The SMILES string of the molecule is CCCCC/C(F)=C\c1ccc(-c2cc(CCC)ccc2C(=O)O)cc1. The Morgan fingerprint density at radius 1 is 1.04 bits per heavy atom. The Morgan fingerprint density at radius 3 is 2.38 bits per heavy atom. The van der Waals surface area contributed by atoms with Crippen LogP contribution >= 0.6 is 0 Å². The fourth-order valence-electron chi connectivity index (χ4n) is 3.02. The first-order valence-corrected chi connectivity index (χ1v) is 9.37. The highest BCUT2D eigenvalue weighted by Gasteiger charge is 2.12. The highest BCUT2D eigenvalue weighted by atomic mass is 19.1. The maximum atomic E-state index is 13.9. The zero-order valence-electron chi connectivity index (χ0n) is 15.6. The highest BCUT2D eigenvalue weighted by Crippen LogP contribution is 2.27. The van der Waals surface area contributed by atoms with Gasteiger partial charge in [-0.25, -0.2) is 9.18 Å².